The highest BCUT2D eigenvalue weighted by molar-refractivity contribution is 5.97. The van der Waals surface area contributed by atoms with E-state index >= 15 is 0 Å². The van der Waals surface area contributed by atoms with Crippen molar-refractivity contribution in [1.82, 2.24) is 15.0 Å². The Labute approximate surface area is 269 Å². The first-order chi connectivity index (χ1) is 21.5. The second-order valence-corrected chi connectivity index (χ2v) is 11.5. The van der Waals surface area contributed by atoms with Gasteiger partial charge in [-0.05, 0) is 89.8 Å². The Hall–Kier alpha value is -4.38. The summed E-state index contributed by atoms with van der Waals surface area (Å²) in [6.45, 7) is 23.4. The molecule has 0 saturated carbocycles. The maximum Gasteiger partial charge on any atom is 0.161 e. The molecule has 5 heteroatoms. The highest BCUT2D eigenvalue weighted by Gasteiger charge is 2.29. The monoisotopic (exact) mass is 605 g/mol. The number of hydrogen-bond donors (Lipinski definition) is 3. The van der Waals surface area contributed by atoms with Crippen LogP contribution in [0.15, 0.2) is 60.7 Å². The van der Waals surface area contributed by atoms with Crippen molar-refractivity contribution in [2.45, 2.75) is 94.9 Å². The van der Waals surface area contributed by atoms with Crippen LogP contribution >= 0.6 is 0 Å². The van der Waals surface area contributed by atoms with Crippen LogP contribution in [0.1, 0.15) is 142 Å². The highest BCUT2D eigenvalue weighted by atomic mass is 16.1. The number of carbonyl (C=O) groups excluding carboxylic acids is 2. The fraction of sp³-hybridized carbons (Fsp3) is 0.350. The molecule has 0 aliphatic carbocycles. The van der Waals surface area contributed by atoms with Crippen LogP contribution in [0.2, 0.25) is 0 Å². The highest BCUT2D eigenvalue weighted by Crippen LogP contribution is 2.39. The Bertz CT molecular complexity index is 1620. The fourth-order valence-corrected chi connectivity index (χ4v) is 6.47. The first-order valence-electron chi connectivity index (χ1n) is 16.2. The lowest BCUT2D eigenvalue weighted by atomic mass is 9.89. The predicted octanol–water partition coefficient (Wildman–Crippen LogP) is 10.3. The lowest BCUT2D eigenvalue weighted by molar-refractivity contribution is 0.100. The SMILES string of the molecule is CC.CC.CC(=O)c1c(C)[nH]c(C(c2ccc(C)cc2)c2ccc(C(c3ccc(C)cc3)c3[nH]c(C)c(C(C)=O)c3C)[nH]2)c1C. The number of aromatic amines is 3. The summed E-state index contributed by atoms with van der Waals surface area (Å²) in [5.74, 6) is -0.102. The molecule has 0 bridgehead atoms. The van der Waals surface area contributed by atoms with Gasteiger partial charge in [-0.3, -0.25) is 9.59 Å². The van der Waals surface area contributed by atoms with Crippen LogP contribution < -0.4 is 0 Å². The van der Waals surface area contributed by atoms with Crippen LogP contribution in [0.3, 0.4) is 0 Å². The molecule has 3 aromatic heterocycles. The van der Waals surface area contributed by atoms with E-state index in [1.54, 1.807) is 13.8 Å². The quantitative estimate of drug-likeness (QED) is 0.154. The summed E-state index contributed by atoms with van der Waals surface area (Å²) >= 11 is 0. The van der Waals surface area contributed by atoms with Crippen molar-refractivity contribution >= 4 is 11.6 Å². The number of aromatic nitrogens is 3. The summed E-state index contributed by atoms with van der Waals surface area (Å²) in [6, 6.07) is 21.5. The number of benzene rings is 2. The number of hydrogen-bond acceptors (Lipinski definition) is 2. The molecule has 2 aromatic carbocycles. The number of carbonyl (C=O) groups is 2. The van der Waals surface area contributed by atoms with Crippen molar-refractivity contribution in [2.75, 3.05) is 0 Å². The number of rotatable bonds is 8. The minimum absolute atomic E-state index is 0.0654. The molecule has 0 aliphatic rings. The van der Waals surface area contributed by atoms with Gasteiger partial charge in [-0.25, -0.2) is 0 Å². The Morgan fingerprint density at radius 2 is 0.800 bits per heavy atom. The van der Waals surface area contributed by atoms with Crippen molar-refractivity contribution in [3.8, 4) is 0 Å². The second-order valence-electron chi connectivity index (χ2n) is 11.5. The zero-order valence-corrected chi connectivity index (χ0v) is 29.2. The molecule has 3 N–H and O–H groups in total. The Kier molecular flexibility index (Phi) is 11.8. The Balaban J connectivity index is 0.00000133. The van der Waals surface area contributed by atoms with Crippen molar-refractivity contribution < 1.29 is 9.59 Å². The molecule has 0 amide bonds. The smallest absolute Gasteiger partial charge is 0.161 e. The van der Waals surface area contributed by atoms with Gasteiger partial charge in [-0.2, -0.15) is 0 Å². The standard InChI is InChI=1S/C36H39N3O2.2C2H6/c1-19-9-13-27(14-10-19)33(35-21(3)31(25(7)40)23(5)37-35)29-17-18-30(39-29)34(28-15-11-20(2)12-16-28)36-22(4)32(26(8)41)24(6)38-36;2*1-2/h9-18,33-34,37-39H,1-8H3;2*1-2H3. The van der Waals surface area contributed by atoms with E-state index in [1.807, 2.05) is 55.4 Å². The zero-order valence-electron chi connectivity index (χ0n) is 29.2. The van der Waals surface area contributed by atoms with Crippen LogP contribution in [0.25, 0.3) is 0 Å². The predicted molar refractivity (Wildman–Crippen MR) is 188 cm³/mol. The molecule has 2 atom stereocenters. The summed E-state index contributed by atoms with van der Waals surface area (Å²) in [5.41, 5.74) is 14.0. The molecular formula is C40H51N3O2. The topological polar surface area (TPSA) is 81.5 Å². The maximum atomic E-state index is 12.5. The maximum absolute atomic E-state index is 12.5. The van der Waals surface area contributed by atoms with Crippen molar-refractivity contribution in [3.63, 3.8) is 0 Å². The van der Waals surface area contributed by atoms with Gasteiger partial charge in [-0.1, -0.05) is 87.4 Å². The van der Waals surface area contributed by atoms with E-state index in [1.165, 1.54) is 11.1 Å². The number of H-pyrrole nitrogens is 3. The van der Waals surface area contributed by atoms with Gasteiger partial charge in [0.2, 0.25) is 0 Å². The summed E-state index contributed by atoms with van der Waals surface area (Å²) in [5, 5.41) is 0. The van der Waals surface area contributed by atoms with Gasteiger partial charge < -0.3 is 15.0 Å². The van der Waals surface area contributed by atoms with Crippen molar-refractivity contribution in [3.05, 3.63) is 139 Å². The van der Waals surface area contributed by atoms with E-state index in [-0.39, 0.29) is 23.4 Å². The molecule has 3 heterocycles. The zero-order chi connectivity index (χ0) is 33.6. The van der Waals surface area contributed by atoms with E-state index in [9.17, 15) is 9.59 Å². The molecule has 0 radical (unpaired) electrons. The van der Waals surface area contributed by atoms with Gasteiger partial charge in [0.25, 0.3) is 0 Å². The molecule has 0 aliphatic heterocycles. The minimum atomic E-state index is -0.117. The molecule has 0 saturated heterocycles. The minimum Gasteiger partial charge on any atom is -0.361 e. The summed E-state index contributed by atoms with van der Waals surface area (Å²) in [7, 11) is 0. The molecule has 0 spiro atoms. The molecule has 0 fully saturated rings. The van der Waals surface area contributed by atoms with E-state index in [0.29, 0.717) is 0 Å². The molecule has 5 aromatic rings. The molecule has 5 rings (SSSR count). The van der Waals surface area contributed by atoms with Gasteiger partial charge in [0.1, 0.15) is 0 Å². The van der Waals surface area contributed by atoms with Crippen molar-refractivity contribution in [2.24, 2.45) is 0 Å². The largest absolute Gasteiger partial charge is 0.361 e. The van der Waals surface area contributed by atoms with Gasteiger partial charge in [0, 0.05) is 45.3 Å². The third-order valence-electron chi connectivity index (χ3n) is 8.41. The van der Waals surface area contributed by atoms with E-state index in [0.717, 1.165) is 67.5 Å². The summed E-state index contributed by atoms with van der Waals surface area (Å²) in [6.07, 6.45) is 0. The lowest BCUT2D eigenvalue weighted by Crippen LogP contribution is -2.09. The second kappa shape index (κ2) is 15.1. The summed E-state index contributed by atoms with van der Waals surface area (Å²) in [4.78, 5) is 36.0. The van der Waals surface area contributed by atoms with Crippen LogP contribution in [0, 0.1) is 41.5 Å². The first-order valence-corrected chi connectivity index (χ1v) is 16.2. The van der Waals surface area contributed by atoms with E-state index < -0.39 is 0 Å². The fourth-order valence-electron chi connectivity index (χ4n) is 6.47. The van der Waals surface area contributed by atoms with E-state index in [2.05, 4.69) is 89.5 Å². The number of ketones is 2. The molecular weight excluding hydrogens is 554 g/mol. The number of Topliss-reactive ketones (excluding diaryl/α,β-unsaturated/α-hetero) is 2. The lowest BCUT2D eigenvalue weighted by Gasteiger charge is -2.20. The van der Waals surface area contributed by atoms with Gasteiger partial charge in [-0.15, -0.1) is 0 Å². The molecule has 238 valence electrons. The normalized spacial score (nSPS) is 12.0. The van der Waals surface area contributed by atoms with Crippen LogP contribution in [0.4, 0.5) is 0 Å². The van der Waals surface area contributed by atoms with Crippen LogP contribution in [-0.2, 0) is 0 Å². The van der Waals surface area contributed by atoms with Crippen LogP contribution in [-0.4, -0.2) is 26.5 Å². The van der Waals surface area contributed by atoms with Gasteiger partial charge in [0.15, 0.2) is 11.6 Å². The first kappa shape index (κ1) is 35.1. The molecule has 45 heavy (non-hydrogen) atoms. The molecule has 5 nitrogen and oxygen atoms in total. The number of nitrogens with one attached hydrogen (secondary N) is 3. The Morgan fingerprint density at radius 3 is 1.07 bits per heavy atom. The number of aryl methyl sites for hydroxylation is 4. The van der Waals surface area contributed by atoms with Gasteiger partial charge in [0.05, 0.1) is 11.8 Å². The van der Waals surface area contributed by atoms with Crippen molar-refractivity contribution in [1.29, 1.82) is 0 Å². The average Bonchev–Trinajstić information content (AvgIpc) is 3.69. The average molecular weight is 606 g/mol. The van der Waals surface area contributed by atoms with Gasteiger partial charge >= 0.3 is 0 Å². The Morgan fingerprint density at radius 1 is 0.489 bits per heavy atom. The van der Waals surface area contributed by atoms with E-state index in [4.69, 9.17) is 0 Å². The third kappa shape index (κ3) is 7.14. The molecule has 2 unspecified atom stereocenters. The summed E-state index contributed by atoms with van der Waals surface area (Å²) < 4.78 is 0. The third-order valence-corrected chi connectivity index (χ3v) is 8.41. The van der Waals surface area contributed by atoms with Crippen LogP contribution in [0.5, 0.6) is 0 Å².